The van der Waals surface area contributed by atoms with Crippen LogP contribution in [-0.4, -0.2) is 20.1 Å². The Balaban J connectivity index is 2.12. The van der Waals surface area contributed by atoms with E-state index in [1.807, 2.05) is 6.92 Å². The number of alkyl halides is 1. The smallest absolute Gasteiger partial charge is 0.127 e. The van der Waals surface area contributed by atoms with Gasteiger partial charge in [-0.2, -0.15) is 11.8 Å². The molecule has 1 aromatic carbocycles. The summed E-state index contributed by atoms with van der Waals surface area (Å²) in [6, 6.07) is 6.40. The first-order valence-electron chi connectivity index (χ1n) is 7.24. The van der Waals surface area contributed by atoms with E-state index in [1.54, 1.807) is 0 Å². The molecule has 1 aromatic heterocycles. The molecule has 0 aliphatic carbocycles. The number of para-hydroxylation sites is 1. The van der Waals surface area contributed by atoms with Crippen molar-refractivity contribution in [2.24, 2.45) is 0 Å². The van der Waals surface area contributed by atoms with Crippen LogP contribution in [0.4, 0.5) is 0 Å². The molecule has 0 radical (unpaired) electrons. The third kappa shape index (κ3) is 2.46. The number of halogens is 1. The first-order chi connectivity index (χ1) is 9.50. The van der Waals surface area contributed by atoms with Crippen LogP contribution in [0.25, 0.3) is 11.0 Å². The van der Waals surface area contributed by atoms with Crippen LogP contribution in [0.2, 0.25) is 0 Å². The molecule has 0 N–H and O–H groups in total. The van der Waals surface area contributed by atoms with E-state index in [9.17, 15) is 0 Å². The van der Waals surface area contributed by atoms with E-state index in [2.05, 4.69) is 48.4 Å². The van der Waals surface area contributed by atoms with Gasteiger partial charge in [0.05, 0.1) is 16.4 Å². The zero-order valence-corrected chi connectivity index (χ0v) is 13.9. The predicted molar refractivity (Wildman–Crippen MR) is 88.8 cm³/mol. The van der Waals surface area contributed by atoms with Gasteiger partial charge in [0, 0.05) is 11.3 Å². The molecule has 0 spiro atoms. The van der Waals surface area contributed by atoms with Gasteiger partial charge in [0.2, 0.25) is 0 Å². The molecule has 0 amide bonds. The maximum atomic E-state index is 6.37. The second-order valence-corrected chi connectivity index (χ2v) is 8.35. The molecule has 1 aliphatic rings. The number of nitrogens with zero attached hydrogens (tertiary/aromatic N) is 2. The molecule has 20 heavy (non-hydrogen) atoms. The van der Waals surface area contributed by atoms with Gasteiger partial charge in [-0.1, -0.05) is 12.1 Å². The summed E-state index contributed by atoms with van der Waals surface area (Å²) in [6.07, 6.45) is 2.60. The van der Waals surface area contributed by atoms with Gasteiger partial charge in [-0.3, -0.25) is 0 Å². The average Bonchev–Trinajstić information content (AvgIpc) is 2.96. The van der Waals surface area contributed by atoms with Crippen molar-refractivity contribution in [2.45, 2.75) is 50.3 Å². The van der Waals surface area contributed by atoms with Crippen LogP contribution < -0.4 is 0 Å². The van der Waals surface area contributed by atoms with E-state index in [0.29, 0.717) is 4.75 Å². The molecule has 108 valence electrons. The average molecular weight is 309 g/mol. The van der Waals surface area contributed by atoms with Crippen LogP contribution in [0.3, 0.4) is 0 Å². The molecule has 2 atom stereocenters. The lowest BCUT2D eigenvalue weighted by Gasteiger charge is -2.25. The maximum absolute atomic E-state index is 6.37. The molecule has 4 heteroatoms. The predicted octanol–water partition coefficient (Wildman–Crippen LogP) is 4.93. The number of rotatable bonds is 3. The van der Waals surface area contributed by atoms with E-state index < -0.39 is 0 Å². The Hall–Kier alpha value is -0.670. The Morgan fingerprint density at radius 2 is 2.30 bits per heavy atom. The molecule has 2 unspecified atom stereocenters. The van der Waals surface area contributed by atoms with Gasteiger partial charge in [-0.05, 0) is 51.0 Å². The summed E-state index contributed by atoms with van der Waals surface area (Å²) in [4.78, 5) is 4.81. The van der Waals surface area contributed by atoms with Crippen molar-refractivity contribution >= 4 is 34.4 Å². The molecule has 2 aromatic rings. The van der Waals surface area contributed by atoms with Crippen LogP contribution >= 0.6 is 23.4 Å². The Bertz CT molecular complexity index is 627. The number of fused-ring (bicyclic) bond motifs is 1. The zero-order valence-electron chi connectivity index (χ0n) is 12.3. The molecule has 2 heterocycles. The number of imidazole rings is 1. The summed E-state index contributed by atoms with van der Waals surface area (Å²) in [5, 5.41) is -0.0585. The number of hydrogen-bond donors (Lipinski definition) is 0. The van der Waals surface area contributed by atoms with Crippen molar-refractivity contribution in [3.05, 3.63) is 29.6 Å². The summed E-state index contributed by atoms with van der Waals surface area (Å²) in [6.45, 7) is 7.51. The van der Waals surface area contributed by atoms with E-state index >= 15 is 0 Å². The third-order valence-electron chi connectivity index (χ3n) is 4.16. The first-order valence-corrected chi connectivity index (χ1v) is 8.66. The van der Waals surface area contributed by atoms with Crippen molar-refractivity contribution < 1.29 is 0 Å². The quantitative estimate of drug-likeness (QED) is 0.748. The fourth-order valence-electron chi connectivity index (χ4n) is 3.07. The minimum atomic E-state index is -0.0585. The molecular weight excluding hydrogens is 288 g/mol. The number of aromatic nitrogens is 2. The van der Waals surface area contributed by atoms with Crippen LogP contribution in [0.1, 0.15) is 43.5 Å². The van der Waals surface area contributed by atoms with Gasteiger partial charge < -0.3 is 4.57 Å². The number of aryl methyl sites for hydroxylation is 1. The van der Waals surface area contributed by atoms with Gasteiger partial charge in [-0.25, -0.2) is 4.98 Å². The summed E-state index contributed by atoms with van der Waals surface area (Å²) in [7, 11) is 0. The lowest BCUT2D eigenvalue weighted by molar-refractivity contribution is 0.506. The molecular formula is C16H21ClN2S. The van der Waals surface area contributed by atoms with Crippen LogP contribution in [-0.2, 0) is 6.54 Å². The fourth-order valence-corrected chi connectivity index (χ4v) is 4.53. The Kier molecular flexibility index (Phi) is 3.76. The number of hydrogen-bond acceptors (Lipinski definition) is 2. The summed E-state index contributed by atoms with van der Waals surface area (Å²) in [5.41, 5.74) is 3.55. The number of thioether (sulfide) groups is 1. The zero-order chi connectivity index (χ0) is 14.3. The molecule has 0 bridgehead atoms. The van der Waals surface area contributed by atoms with E-state index in [-0.39, 0.29) is 5.38 Å². The Morgan fingerprint density at radius 1 is 1.50 bits per heavy atom. The van der Waals surface area contributed by atoms with Crippen molar-refractivity contribution in [1.82, 2.24) is 9.55 Å². The molecule has 0 saturated carbocycles. The van der Waals surface area contributed by atoms with Crippen molar-refractivity contribution in [2.75, 3.05) is 5.75 Å². The third-order valence-corrected chi connectivity index (χ3v) is 5.88. The number of benzene rings is 1. The summed E-state index contributed by atoms with van der Waals surface area (Å²) >= 11 is 8.46. The lowest BCUT2D eigenvalue weighted by Crippen LogP contribution is -2.25. The largest absolute Gasteiger partial charge is 0.325 e. The van der Waals surface area contributed by atoms with E-state index in [4.69, 9.17) is 16.6 Å². The first kappa shape index (κ1) is 14.3. The second kappa shape index (κ2) is 5.27. The minimum Gasteiger partial charge on any atom is -0.325 e. The highest BCUT2D eigenvalue weighted by molar-refractivity contribution is 8.00. The highest BCUT2D eigenvalue weighted by atomic mass is 35.5. The topological polar surface area (TPSA) is 17.8 Å². The van der Waals surface area contributed by atoms with Crippen molar-refractivity contribution in [1.29, 1.82) is 0 Å². The Labute approximate surface area is 129 Å². The standard InChI is InChI=1S/C16H21ClN2S/c1-11-6-4-7-13-14(11)18-15(12(2)17)19(13)10-16(3)8-5-9-20-16/h4,6-7,12H,5,8-10H2,1-3H3. The summed E-state index contributed by atoms with van der Waals surface area (Å²) in [5.74, 6) is 2.28. The molecule has 3 rings (SSSR count). The SMILES string of the molecule is Cc1cccc2c1nc(C(C)Cl)n2CC1(C)CCCS1. The van der Waals surface area contributed by atoms with Gasteiger partial charge >= 0.3 is 0 Å². The second-order valence-electron chi connectivity index (χ2n) is 6.02. The van der Waals surface area contributed by atoms with Crippen molar-refractivity contribution in [3.63, 3.8) is 0 Å². The molecule has 2 nitrogen and oxygen atoms in total. The monoisotopic (exact) mass is 308 g/mol. The minimum absolute atomic E-state index is 0.0585. The van der Waals surface area contributed by atoms with Gasteiger partial charge in [0.15, 0.2) is 0 Å². The molecule has 1 aliphatic heterocycles. The Morgan fingerprint density at radius 3 is 2.95 bits per heavy atom. The van der Waals surface area contributed by atoms with Gasteiger partial charge in [0.25, 0.3) is 0 Å². The van der Waals surface area contributed by atoms with E-state index in [1.165, 1.54) is 29.7 Å². The molecule has 1 fully saturated rings. The molecule has 1 saturated heterocycles. The fraction of sp³-hybridized carbons (Fsp3) is 0.562. The summed E-state index contributed by atoms with van der Waals surface area (Å²) < 4.78 is 2.66. The van der Waals surface area contributed by atoms with Crippen LogP contribution in [0, 0.1) is 6.92 Å². The van der Waals surface area contributed by atoms with Crippen LogP contribution in [0.15, 0.2) is 18.2 Å². The maximum Gasteiger partial charge on any atom is 0.127 e. The normalized spacial score (nSPS) is 24.4. The van der Waals surface area contributed by atoms with Crippen LogP contribution in [0.5, 0.6) is 0 Å². The van der Waals surface area contributed by atoms with Crippen molar-refractivity contribution in [3.8, 4) is 0 Å². The van der Waals surface area contributed by atoms with E-state index in [0.717, 1.165) is 17.9 Å². The highest BCUT2D eigenvalue weighted by Gasteiger charge is 2.31. The van der Waals surface area contributed by atoms with Gasteiger partial charge in [0.1, 0.15) is 5.82 Å². The van der Waals surface area contributed by atoms with Gasteiger partial charge in [-0.15, -0.1) is 11.6 Å². The highest BCUT2D eigenvalue weighted by Crippen LogP contribution is 2.40. The lowest BCUT2D eigenvalue weighted by atomic mass is 10.1.